The van der Waals surface area contributed by atoms with Gasteiger partial charge in [0.05, 0.1) is 0 Å². The summed E-state index contributed by atoms with van der Waals surface area (Å²) in [7, 11) is 0. The predicted octanol–water partition coefficient (Wildman–Crippen LogP) is 2.91. The number of ether oxygens (including phenoxy) is 1. The molecular weight excluding hydrogens is 372 g/mol. The molecule has 6 rings (SSSR count). The Bertz CT molecular complexity index is 1240. The van der Waals surface area contributed by atoms with E-state index in [9.17, 15) is 9.59 Å². The molecule has 1 aromatic heterocycles. The van der Waals surface area contributed by atoms with Crippen LogP contribution in [0.5, 0.6) is 0 Å². The van der Waals surface area contributed by atoms with Gasteiger partial charge in [-0.3, -0.25) is 9.59 Å². The Morgan fingerprint density at radius 2 is 1.00 bits per heavy atom. The maximum Gasteiger partial charge on any atom is 0.330 e. The highest BCUT2D eigenvalue weighted by molar-refractivity contribution is 7.06. The zero-order chi connectivity index (χ0) is 18.9. The average molecular weight is 386 g/mol. The van der Waals surface area contributed by atoms with Crippen molar-refractivity contribution in [1.29, 1.82) is 0 Å². The van der Waals surface area contributed by atoms with E-state index in [1.807, 2.05) is 84.9 Å². The topological polar surface area (TPSA) is 53.2 Å². The molecule has 2 aliphatic rings. The minimum absolute atomic E-state index is 0.332. The Hall–Kier alpha value is -3.22. The smallest absolute Gasteiger partial charge is 0.308 e. The third-order valence-corrected chi connectivity index (χ3v) is 6.29. The zero-order valence-corrected chi connectivity index (χ0v) is 15.4. The zero-order valence-electron chi connectivity index (χ0n) is 14.6. The van der Waals surface area contributed by atoms with Crippen LogP contribution in [0, 0.1) is 0 Å². The van der Waals surface area contributed by atoms with E-state index in [-0.39, 0.29) is 9.75 Å². The summed E-state index contributed by atoms with van der Waals surface area (Å²) in [5.41, 5.74) is 1.03. The van der Waals surface area contributed by atoms with Crippen LogP contribution in [0.1, 0.15) is 22.3 Å². The van der Waals surface area contributed by atoms with E-state index < -0.39 is 11.4 Å². The van der Waals surface area contributed by atoms with E-state index in [1.54, 1.807) is 0 Å². The van der Waals surface area contributed by atoms with Gasteiger partial charge in [0.2, 0.25) is 11.4 Å². The van der Waals surface area contributed by atoms with Gasteiger partial charge in [0.25, 0.3) is 0 Å². The van der Waals surface area contributed by atoms with Crippen LogP contribution in [-0.4, -0.2) is 9.36 Å². The maximum absolute atomic E-state index is 13.0. The molecule has 2 aliphatic heterocycles. The van der Waals surface area contributed by atoms with Gasteiger partial charge in [0, 0.05) is 22.3 Å². The van der Waals surface area contributed by atoms with Crippen molar-refractivity contribution in [3.63, 3.8) is 0 Å². The molecule has 2 atom stereocenters. The van der Waals surface area contributed by atoms with Crippen LogP contribution >= 0.6 is 11.3 Å². The number of aromatic nitrogens is 2. The Morgan fingerprint density at radius 1 is 0.607 bits per heavy atom. The summed E-state index contributed by atoms with van der Waals surface area (Å²) in [6.07, 6.45) is 0. The molecule has 28 heavy (non-hydrogen) atoms. The van der Waals surface area contributed by atoms with Crippen molar-refractivity contribution >= 4 is 11.3 Å². The van der Waals surface area contributed by atoms with Gasteiger partial charge >= 0.3 is 9.75 Å². The van der Waals surface area contributed by atoms with Crippen molar-refractivity contribution in [3.8, 4) is 0 Å². The summed E-state index contributed by atoms with van der Waals surface area (Å²) >= 11 is 0.711. The van der Waals surface area contributed by atoms with Crippen molar-refractivity contribution in [2.45, 2.75) is 11.4 Å². The lowest BCUT2D eigenvalue weighted by Gasteiger charge is -2.30. The summed E-state index contributed by atoms with van der Waals surface area (Å²) in [5.74, 6) is 0. The summed E-state index contributed by atoms with van der Waals surface area (Å²) in [6, 6.07) is 27.1. The van der Waals surface area contributed by atoms with Crippen molar-refractivity contribution in [2.24, 2.45) is 0 Å². The Balaban J connectivity index is 1.84. The molecule has 0 unspecified atom stereocenters. The van der Waals surface area contributed by atoms with Crippen LogP contribution in [0.4, 0.5) is 0 Å². The van der Waals surface area contributed by atoms with E-state index in [1.165, 1.54) is 9.36 Å². The van der Waals surface area contributed by atoms with Gasteiger partial charge in [-0.2, -0.15) is 9.36 Å². The lowest BCUT2D eigenvalue weighted by Crippen LogP contribution is -2.45. The number of hydrogen-bond acceptors (Lipinski definition) is 4. The number of hydrogen-bond donors (Lipinski definition) is 0. The fourth-order valence-corrected chi connectivity index (χ4v) is 5.32. The van der Waals surface area contributed by atoms with Crippen molar-refractivity contribution < 1.29 is 4.74 Å². The summed E-state index contributed by atoms with van der Waals surface area (Å²) in [6.45, 7) is 0. The molecule has 0 spiro atoms. The molecule has 2 bridgehead atoms. The molecule has 5 nitrogen and oxygen atoms in total. The van der Waals surface area contributed by atoms with Crippen LogP contribution in [0.15, 0.2) is 94.5 Å². The molecule has 4 aromatic rings. The molecule has 0 fully saturated rings. The van der Waals surface area contributed by atoms with Gasteiger partial charge < -0.3 is 4.74 Å². The summed E-state index contributed by atoms with van der Waals surface area (Å²) in [5, 5.41) is 0. The molecule has 0 N–H and O–H groups in total. The Labute approximate surface area is 163 Å². The number of nitrogens with zero attached hydrogens (tertiary/aromatic N) is 2. The van der Waals surface area contributed by atoms with Crippen LogP contribution in [0.25, 0.3) is 0 Å². The van der Waals surface area contributed by atoms with E-state index in [4.69, 9.17) is 4.74 Å². The number of benzene rings is 3. The largest absolute Gasteiger partial charge is 0.330 e. The SMILES string of the molecule is O=c1sc(=O)n2n1[C@]1(c3ccccc3)O[C@@]2(c2ccccc2)c2ccccc21. The monoisotopic (exact) mass is 386 g/mol. The van der Waals surface area contributed by atoms with Crippen molar-refractivity contribution in [2.75, 3.05) is 0 Å². The molecule has 0 saturated carbocycles. The highest BCUT2D eigenvalue weighted by Gasteiger charge is 2.66. The number of rotatable bonds is 2. The molecule has 0 radical (unpaired) electrons. The van der Waals surface area contributed by atoms with Crippen LogP contribution < -0.4 is 9.75 Å². The standard InChI is InChI=1S/C22H14N2O3S/c25-19-23-21(15-9-3-1-4-10-15)17-13-7-8-14-18(17)22(27-21,24(23)20(26)28-19)16-11-5-2-6-12-16/h1-14H/t21-,22+. The first-order chi connectivity index (χ1) is 13.7. The van der Waals surface area contributed by atoms with Gasteiger partial charge in [-0.05, 0) is 11.3 Å². The van der Waals surface area contributed by atoms with E-state index in [0.29, 0.717) is 11.3 Å². The normalized spacial score (nSPS) is 24.1. The Kier molecular flexibility index (Phi) is 2.93. The minimum atomic E-state index is -1.18. The van der Waals surface area contributed by atoms with Gasteiger partial charge in [-0.25, -0.2) is 0 Å². The molecule has 3 heterocycles. The fourth-order valence-electron chi connectivity index (χ4n) is 4.58. The van der Waals surface area contributed by atoms with E-state index in [2.05, 4.69) is 0 Å². The first-order valence-electron chi connectivity index (χ1n) is 8.97. The molecule has 0 saturated heterocycles. The van der Waals surface area contributed by atoms with Gasteiger partial charge in [-0.1, -0.05) is 84.9 Å². The van der Waals surface area contributed by atoms with E-state index >= 15 is 0 Å². The molecule has 3 aromatic carbocycles. The molecule has 0 amide bonds. The second-order valence-electron chi connectivity index (χ2n) is 6.93. The fraction of sp³-hybridized carbons (Fsp3) is 0.0909. The average Bonchev–Trinajstić information content (AvgIpc) is 3.36. The van der Waals surface area contributed by atoms with Crippen LogP contribution in [0.3, 0.4) is 0 Å². The maximum atomic E-state index is 13.0. The van der Waals surface area contributed by atoms with Gasteiger partial charge in [0.1, 0.15) is 0 Å². The highest BCUT2D eigenvalue weighted by Crippen LogP contribution is 2.58. The molecule has 136 valence electrons. The quantitative estimate of drug-likeness (QED) is 0.532. The lowest BCUT2D eigenvalue weighted by atomic mass is 9.87. The predicted molar refractivity (Wildman–Crippen MR) is 106 cm³/mol. The third-order valence-electron chi connectivity index (χ3n) is 5.60. The van der Waals surface area contributed by atoms with E-state index in [0.717, 1.165) is 22.3 Å². The first kappa shape index (κ1) is 15.8. The third kappa shape index (κ3) is 1.62. The second-order valence-corrected chi connectivity index (χ2v) is 7.83. The molecule has 6 heteroatoms. The summed E-state index contributed by atoms with van der Waals surface area (Å²) in [4.78, 5) is 25.3. The first-order valence-corrected chi connectivity index (χ1v) is 9.78. The second kappa shape index (κ2) is 5.19. The van der Waals surface area contributed by atoms with Crippen molar-refractivity contribution in [1.82, 2.24) is 9.36 Å². The van der Waals surface area contributed by atoms with Crippen molar-refractivity contribution in [3.05, 3.63) is 127 Å². The minimum Gasteiger partial charge on any atom is -0.308 e. The van der Waals surface area contributed by atoms with Gasteiger partial charge in [0.15, 0.2) is 0 Å². The van der Waals surface area contributed by atoms with Gasteiger partial charge in [-0.15, -0.1) is 0 Å². The summed E-state index contributed by atoms with van der Waals surface area (Å²) < 4.78 is 9.78. The molecule has 0 aliphatic carbocycles. The van der Waals surface area contributed by atoms with Crippen LogP contribution in [-0.2, 0) is 16.2 Å². The lowest BCUT2D eigenvalue weighted by molar-refractivity contribution is -0.0656. The number of fused-ring (bicyclic) bond motifs is 8. The van der Waals surface area contributed by atoms with Crippen LogP contribution in [0.2, 0.25) is 0 Å². The molecular formula is C22H14N2O3S. The Morgan fingerprint density at radius 3 is 1.43 bits per heavy atom. The highest BCUT2D eigenvalue weighted by atomic mass is 32.1.